The standard InChI is InChI=1S/C37H50O11S2/c1-21(2)35-30(47-35)31-37(48-31)34(3)15-13-23-24(20-44-32(23)41)25(34)19-26-36(37,46-26)33(35)45-29(40)12-8-11-28(39)43-17-7-6-16-42-27(38)10-5-4-9-22-14-18-49-50-22/h21-22,25-26,30-31,33H,4-20H2,1-3H3/t22?,25-,26-,30-,31-,33+,34-,35-,36+,37+/m0/s1. The molecule has 0 aromatic rings. The maximum atomic E-state index is 13.4. The second kappa shape index (κ2) is 13.2. The molecule has 0 N–H and O–H groups in total. The van der Waals surface area contributed by atoms with E-state index in [1.165, 1.54) is 18.6 Å². The summed E-state index contributed by atoms with van der Waals surface area (Å²) in [4.78, 5) is 50.2. The number of hydrogen-bond donors (Lipinski definition) is 0. The fourth-order valence-corrected chi connectivity index (χ4v) is 13.4. The topological polar surface area (TPSA) is 143 Å². The van der Waals surface area contributed by atoms with Gasteiger partial charge >= 0.3 is 23.9 Å². The lowest BCUT2D eigenvalue weighted by Gasteiger charge is -2.53. The lowest BCUT2D eigenvalue weighted by atomic mass is 9.46. The van der Waals surface area contributed by atoms with Gasteiger partial charge in [0, 0.05) is 41.3 Å². The first kappa shape index (κ1) is 35.2. The van der Waals surface area contributed by atoms with Crippen LogP contribution in [-0.4, -0.2) is 95.9 Å². The maximum absolute atomic E-state index is 13.4. The van der Waals surface area contributed by atoms with Crippen molar-refractivity contribution in [2.24, 2.45) is 17.3 Å². The molecule has 5 aliphatic heterocycles. The fourth-order valence-electron chi connectivity index (χ4n) is 10.3. The summed E-state index contributed by atoms with van der Waals surface area (Å²) in [7, 11) is 3.91. The molecular formula is C37H50O11S2. The molecule has 2 saturated carbocycles. The average Bonchev–Trinajstić information content (AvgIpc) is 4.03. The van der Waals surface area contributed by atoms with Gasteiger partial charge in [0.05, 0.1) is 19.3 Å². The van der Waals surface area contributed by atoms with Crippen molar-refractivity contribution in [3.05, 3.63) is 11.1 Å². The molecule has 4 saturated heterocycles. The van der Waals surface area contributed by atoms with Crippen molar-refractivity contribution in [3.8, 4) is 0 Å². The summed E-state index contributed by atoms with van der Waals surface area (Å²) in [5.41, 5.74) is -0.525. The number of carbonyl (C=O) groups excluding carboxylic acids is 4. The van der Waals surface area contributed by atoms with Crippen LogP contribution in [0.5, 0.6) is 0 Å². The van der Waals surface area contributed by atoms with E-state index in [0.29, 0.717) is 45.3 Å². The van der Waals surface area contributed by atoms with Crippen LogP contribution in [0.25, 0.3) is 0 Å². The molecule has 0 aromatic heterocycles. The third kappa shape index (κ3) is 5.48. The zero-order chi connectivity index (χ0) is 34.9. The minimum atomic E-state index is -0.793. The molecule has 0 bridgehead atoms. The highest BCUT2D eigenvalue weighted by Gasteiger charge is 3.01. The predicted octanol–water partition coefficient (Wildman–Crippen LogP) is 5.41. The molecule has 11 nitrogen and oxygen atoms in total. The summed E-state index contributed by atoms with van der Waals surface area (Å²) in [6, 6.07) is 0. The minimum absolute atomic E-state index is 0.0714. The summed E-state index contributed by atoms with van der Waals surface area (Å²) in [5, 5.41) is 0.734. The largest absolute Gasteiger partial charge is 0.466 e. The zero-order valence-corrected chi connectivity index (χ0v) is 31.0. The number of hydrogen-bond acceptors (Lipinski definition) is 13. The second-order valence-electron chi connectivity index (χ2n) is 16.0. The minimum Gasteiger partial charge on any atom is -0.466 e. The summed E-state index contributed by atoms with van der Waals surface area (Å²) in [5.74, 6) is 0.300. The van der Waals surface area contributed by atoms with Gasteiger partial charge in [0.15, 0.2) is 11.7 Å². The van der Waals surface area contributed by atoms with Crippen molar-refractivity contribution in [1.82, 2.24) is 0 Å². The Morgan fingerprint density at radius 2 is 1.66 bits per heavy atom. The Morgan fingerprint density at radius 3 is 2.38 bits per heavy atom. The van der Waals surface area contributed by atoms with Crippen molar-refractivity contribution in [1.29, 1.82) is 0 Å². The molecule has 8 rings (SSSR count). The monoisotopic (exact) mass is 734 g/mol. The normalized spacial score (nSPS) is 41.2. The zero-order valence-electron chi connectivity index (χ0n) is 29.4. The number of carbonyl (C=O) groups is 4. The molecule has 1 unspecified atom stereocenters. The molecule has 6 fully saturated rings. The van der Waals surface area contributed by atoms with E-state index in [4.69, 9.17) is 33.2 Å². The summed E-state index contributed by atoms with van der Waals surface area (Å²) in [6.07, 6.45) is 7.56. The van der Waals surface area contributed by atoms with Crippen molar-refractivity contribution in [2.75, 3.05) is 25.6 Å². The van der Waals surface area contributed by atoms with E-state index in [0.717, 1.165) is 42.1 Å². The number of esters is 4. The van der Waals surface area contributed by atoms with E-state index in [2.05, 4.69) is 20.8 Å². The summed E-state index contributed by atoms with van der Waals surface area (Å²) < 4.78 is 42.4. The quantitative estimate of drug-likeness (QED) is 0.0657. The molecule has 50 heavy (non-hydrogen) atoms. The molecule has 13 heteroatoms. The smallest absolute Gasteiger partial charge is 0.334 e. The first-order valence-corrected chi connectivity index (χ1v) is 21.2. The molecule has 276 valence electrons. The van der Waals surface area contributed by atoms with Gasteiger partial charge in [-0.3, -0.25) is 14.4 Å². The van der Waals surface area contributed by atoms with Crippen molar-refractivity contribution < 1.29 is 52.3 Å². The van der Waals surface area contributed by atoms with Crippen molar-refractivity contribution >= 4 is 45.5 Å². The highest BCUT2D eigenvalue weighted by atomic mass is 33.1. The predicted molar refractivity (Wildman–Crippen MR) is 183 cm³/mol. The van der Waals surface area contributed by atoms with Gasteiger partial charge in [0.25, 0.3) is 0 Å². The van der Waals surface area contributed by atoms with Crippen LogP contribution in [-0.2, 0) is 52.3 Å². The number of fused-ring (bicyclic) bond motifs is 4. The molecule has 0 aromatic carbocycles. The van der Waals surface area contributed by atoms with Gasteiger partial charge in [-0.15, -0.1) is 0 Å². The second-order valence-corrected chi connectivity index (χ2v) is 18.7. The lowest BCUT2D eigenvalue weighted by molar-refractivity contribution is -0.169. The number of unbranched alkanes of at least 4 members (excludes halogenated alkanes) is 2. The average molecular weight is 735 g/mol. The maximum Gasteiger partial charge on any atom is 0.334 e. The van der Waals surface area contributed by atoms with E-state index in [1.807, 2.05) is 21.6 Å². The van der Waals surface area contributed by atoms with E-state index in [-0.39, 0.29) is 78.9 Å². The number of cyclic esters (lactones) is 1. The van der Waals surface area contributed by atoms with Gasteiger partial charge in [-0.1, -0.05) is 48.8 Å². The van der Waals surface area contributed by atoms with E-state index in [1.54, 1.807) is 0 Å². The van der Waals surface area contributed by atoms with Gasteiger partial charge in [-0.2, -0.15) is 0 Å². The fraction of sp³-hybridized carbons (Fsp3) is 0.838. The van der Waals surface area contributed by atoms with Crippen LogP contribution in [0, 0.1) is 17.3 Å². The molecule has 2 spiro atoms. The number of epoxide rings is 3. The molecule has 3 aliphatic carbocycles. The molecular weight excluding hydrogens is 685 g/mol. The molecule has 5 heterocycles. The van der Waals surface area contributed by atoms with Gasteiger partial charge in [-0.05, 0) is 75.2 Å². The van der Waals surface area contributed by atoms with Gasteiger partial charge in [-0.25, -0.2) is 4.79 Å². The Morgan fingerprint density at radius 1 is 0.920 bits per heavy atom. The first-order valence-electron chi connectivity index (χ1n) is 18.8. The van der Waals surface area contributed by atoms with Crippen molar-refractivity contribution in [3.63, 3.8) is 0 Å². The highest BCUT2D eigenvalue weighted by Crippen LogP contribution is 2.83. The van der Waals surface area contributed by atoms with Crippen LogP contribution in [0.15, 0.2) is 11.1 Å². The lowest BCUT2D eigenvalue weighted by Crippen LogP contribution is -2.70. The third-order valence-electron chi connectivity index (χ3n) is 13.0. The highest BCUT2D eigenvalue weighted by molar-refractivity contribution is 8.77. The molecule has 0 radical (unpaired) electrons. The van der Waals surface area contributed by atoms with Gasteiger partial charge in [0.1, 0.15) is 30.0 Å². The first-order chi connectivity index (χ1) is 24.1. The summed E-state index contributed by atoms with van der Waals surface area (Å²) in [6.45, 7) is 7.35. The Balaban J connectivity index is 0.784. The van der Waals surface area contributed by atoms with Crippen LogP contribution in [0.4, 0.5) is 0 Å². The molecule has 0 amide bonds. The van der Waals surface area contributed by atoms with Gasteiger partial charge in [0.2, 0.25) is 0 Å². The van der Waals surface area contributed by atoms with Crippen LogP contribution in [0.3, 0.4) is 0 Å². The molecule has 10 atom stereocenters. The molecule has 8 aliphatic rings. The van der Waals surface area contributed by atoms with E-state index in [9.17, 15) is 19.2 Å². The Labute approximate surface area is 301 Å². The summed E-state index contributed by atoms with van der Waals surface area (Å²) >= 11 is 0. The van der Waals surface area contributed by atoms with E-state index < -0.39 is 22.9 Å². The Bertz CT molecular complexity index is 1440. The van der Waals surface area contributed by atoms with E-state index >= 15 is 0 Å². The van der Waals surface area contributed by atoms with Crippen molar-refractivity contribution in [2.45, 2.75) is 151 Å². The Kier molecular flexibility index (Phi) is 9.34. The number of ether oxygens (including phenoxy) is 7. The van der Waals surface area contributed by atoms with Crippen LogP contribution < -0.4 is 0 Å². The van der Waals surface area contributed by atoms with Gasteiger partial charge < -0.3 is 33.2 Å². The van der Waals surface area contributed by atoms with Crippen LogP contribution >= 0.6 is 21.6 Å². The number of rotatable bonds is 16. The SMILES string of the molecule is CC(C)[C@]12O[C@H]1[C@@H]1O[C@]13[C@]1(O[C@H]1C[C@H]1C4=C(CC[C@@]13C)C(=O)OC4)[C@@H]2OC(=O)CCCC(=O)OCCCCOC(=O)CCCCC1CCSS1. The van der Waals surface area contributed by atoms with Crippen LogP contribution in [0.2, 0.25) is 0 Å². The third-order valence-corrected chi connectivity index (χ3v) is 16.0. The van der Waals surface area contributed by atoms with Crippen LogP contribution in [0.1, 0.15) is 104 Å². The Hall–Kier alpha value is -1.80.